The zero-order valence-electron chi connectivity index (χ0n) is 9.62. The molecule has 88 valence electrons. The van der Waals surface area contributed by atoms with E-state index in [2.05, 4.69) is 4.74 Å². The van der Waals surface area contributed by atoms with Crippen molar-refractivity contribution in [2.45, 2.75) is 19.8 Å². The Kier molecular flexibility index (Phi) is 7.62. The summed E-state index contributed by atoms with van der Waals surface area (Å²) < 4.78 is 9.54. The molecule has 0 aromatic rings. The molecule has 0 aromatic carbocycles. The summed E-state index contributed by atoms with van der Waals surface area (Å²) in [5.74, 6) is -0.327. The maximum absolute atomic E-state index is 11.4. The quantitative estimate of drug-likeness (QED) is 0.458. The topological polar surface area (TPSA) is 55.8 Å². The van der Waals surface area contributed by atoms with Gasteiger partial charge in [-0.1, -0.05) is 0 Å². The second kappa shape index (κ2) is 8.23. The summed E-state index contributed by atoms with van der Waals surface area (Å²) in [5.41, 5.74) is 0. The fraction of sp³-hybridized carbons (Fsp3) is 0.800. The maximum atomic E-state index is 11.4. The van der Waals surface area contributed by atoms with Gasteiger partial charge in [0.25, 0.3) is 0 Å². The third-order valence-electron chi connectivity index (χ3n) is 1.97. The first-order valence-corrected chi connectivity index (χ1v) is 5.00. The summed E-state index contributed by atoms with van der Waals surface area (Å²) >= 11 is 0. The molecule has 0 radical (unpaired) electrons. The first kappa shape index (κ1) is 13.9. The van der Waals surface area contributed by atoms with E-state index in [4.69, 9.17) is 4.74 Å². The van der Waals surface area contributed by atoms with E-state index in [1.807, 2.05) is 6.92 Å². The molecule has 0 spiro atoms. The van der Waals surface area contributed by atoms with Crippen LogP contribution in [0.3, 0.4) is 0 Å². The van der Waals surface area contributed by atoms with E-state index in [-0.39, 0.29) is 18.3 Å². The molecule has 0 saturated carbocycles. The Balaban J connectivity index is 3.64. The van der Waals surface area contributed by atoms with Gasteiger partial charge < -0.3 is 14.4 Å². The second-order valence-electron chi connectivity index (χ2n) is 3.09. The third kappa shape index (κ3) is 6.90. The van der Waals surface area contributed by atoms with Crippen molar-refractivity contribution in [3.8, 4) is 0 Å². The molecule has 0 N–H and O–H groups in total. The van der Waals surface area contributed by atoms with Crippen molar-refractivity contribution in [2.75, 3.05) is 33.9 Å². The molecule has 0 rings (SSSR count). The molecule has 0 saturated heterocycles. The predicted octanol–water partition coefficient (Wildman–Crippen LogP) is 0.434. The number of nitrogens with zero attached hydrogens (tertiary/aromatic N) is 1. The second-order valence-corrected chi connectivity index (χ2v) is 3.09. The van der Waals surface area contributed by atoms with Crippen LogP contribution in [0, 0.1) is 0 Å². The van der Waals surface area contributed by atoms with E-state index in [0.717, 1.165) is 0 Å². The van der Waals surface area contributed by atoms with Gasteiger partial charge in [-0.05, 0) is 6.92 Å². The largest absolute Gasteiger partial charge is 0.469 e. The first-order chi connectivity index (χ1) is 7.11. The standard InChI is InChI=1S/C10H19NO4/c1-4-15-8-6-9(12)11(2)7-5-10(13)14-3/h4-8H2,1-3H3. The average Bonchev–Trinajstić information content (AvgIpc) is 2.25. The summed E-state index contributed by atoms with van der Waals surface area (Å²) in [6.07, 6.45) is 0.582. The minimum absolute atomic E-state index is 0.0210. The lowest BCUT2D eigenvalue weighted by Gasteiger charge is -2.16. The number of carbonyl (C=O) groups excluding carboxylic acids is 2. The molecule has 0 aromatic heterocycles. The molecule has 0 bridgehead atoms. The van der Waals surface area contributed by atoms with Crippen LogP contribution in [0.2, 0.25) is 0 Å². The molecule has 1 amide bonds. The van der Waals surface area contributed by atoms with Crippen LogP contribution in [0.25, 0.3) is 0 Å². The van der Waals surface area contributed by atoms with E-state index in [1.54, 1.807) is 7.05 Å². The number of carbonyl (C=O) groups is 2. The summed E-state index contributed by atoms with van der Waals surface area (Å²) in [6, 6.07) is 0. The summed E-state index contributed by atoms with van der Waals surface area (Å²) in [7, 11) is 3.00. The normalized spacial score (nSPS) is 9.80. The Bertz CT molecular complexity index is 206. The average molecular weight is 217 g/mol. The number of ether oxygens (including phenoxy) is 2. The van der Waals surface area contributed by atoms with Gasteiger partial charge in [0, 0.05) is 20.2 Å². The predicted molar refractivity (Wildman–Crippen MR) is 55.4 cm³/mol. The lowest BCUT2D eigenvalue weighted by Crippen LogP contribution is -2.30. The molecule has 0 fully saturated rings. The molecule has 0 atom stereocenters. The van der Waals surface area contributed by atoms with Crippen LogP contribution in [0.1, 0.15) is 19.8 Å². The van der Waals surface area contributed by atoms with E-state index in [0.29, 0.717) is 26.2 Å². The lowest BCUT2D eigenvalue weighted by atomic mass is 10.3. The Hall–Kier alpha value is -1.10. The monoisotopic (exact) mass is 217 g/mol. The van der Waals surface area contributed by atoms with Crippen molar-refractivity contribution in [1.29, 1.82) is 0 Å². The van der Waals surface area contributed by atoms with Crippen LogP contribution in [0.4, 0.5) is 0 Å². The third-order valence-corrected chi connectivity index (χ3v) is 1.97. The number of methoxy groups -OCH3 is 1. The van der Waals surface area contributed by atoms with Crippen LogP contribution in [-0.2, 0) is 19.1 Å². The molecule has 5 heteroatoms. The van der Waals surface area contributed by atoms with Crippen LogP contribution in [0.5, 0.6) is 0 Å². The van der Waals surface area contributed by atoms with Gasteiger partial charge in [-0.2, -0.15) is 0 Å². The van der Waals surface area contributed by atoms with Gasteiger partial charge >= 0.3 is 5.97 Å². The van der Waals surface area contributed by atoms with Gasteiger partial charge in [0.05, 0.1) is 26.6 Å². The zero-order chi connectivity index (χ0) is 11.7. The molecule has 5 nitrogen and oxygen atoms in total. The van der Waals surface area contributed by atoms with Gasteiger partial charge in [0.2, 0.25) is 5.91 Å². The van der Waals surface area contributed by atoms with Gasteiger partial charge in [-0.25, -0.2) is 0 Å². The number of rotatable bonds is 7. The van der Waals surface area contributed by atoms with Crippen molar-refractivity contribution in [3.63, 3.8) is 0 Å². The van der Waals surface area contributed by atoms with Gasteiger partial charge in [0.15, 0.2) is 0 Å². The molecule has 0 aliphatic heterocycles. The summed E-state index contributed by atoms with van der Waals surface area (Å²) in [5, 5.41) is 0. The summed E-state index contributed by atoms with van der Waals surface area (Å²) in [4.78, 5) is 23.7. The van der Waals surface area contributed by atoms with Crippen molar-refractivity contribution < 1.29 is 19.1 Å². The van der Waals surface area contributed by atoms with E-state index in [1.165, 1.54) is 12.0 Å². The van der Waals surface area contributed by atoms with Gasteiger partial charge in [-0.3, -0.25) is 9.59 Å². The van der Waals surface area contributed by atoms with E-state index < -0.39 is 0 Å². The molecular weight excluding hydrogens is 198 g/mol. The van der Waals surface area contributed by atoms with Crippen LogP contribution in [0.15, 0.2) is 0 Å². The fourth-order valence-electron chi connectivity index (χ4n) is 0.980. The number of amides is 1. The molecule has 0 unspecified atom stereocenters. The van der Waals surface area contributed by atoms with E-state index >= 15 is 0 Å². The summed E-state index contributed by atoms with van der Waals surface area (Å²) in [6.45, 7) is 3.31. The first-order valence-electron chi connectivity index (χ1n) is 5.00. The highest BCUT2D eigenvalue weighted by atomic mass is 16.5. The fourth-order valence-corrected chi connectivity index (χ4v) is 0.980. The highest BCUT2D eigenvalue weighted by Crippen LogP contribution is 1.95. The number of hydrogen-bond donors (Lipinski definition) is 0. The molecule has 0 aliphatic rings. The number of esters is 1. The smallest absolute Gasteiger partial charge is 0.307 e. The van der Waals surface area contributed by atoms with Crippen molar-refractivity contribution >= 4 is 11.9 Å². The SMILES string of the molecule is CCOCCC(=O)N(C)CCC(=O)OC. The molecule has 0 aliphatic carbocycles. The highest BCUT2D eigenvalue weighted by molar-refractivity contribution is 5.77. The Morgan fingerprint density at radius 2 is 1.93 bits per heavy atom. The Morgan fingerprint density at radius 3 is 2.47 bits per heavy atom. The Morgan fingerprint density at radius 1 is 1.27 bits per heavy atom. The lowest BCUT2D eigenvalue weighted by molar-refractivity contribution is -0.141. The van der Waals surface area contributed by atoms with E-state index in [9.17, 15) is 9.59 Å². The van der Waals surface area contributed by atoms with Crippen molar-refractivity contribution in [1.82, 2.24) is 4.90 Å². The van der Waals surface area contributed by atoms with Crippen LogP contribution >= 0.6 is 0 Å². The zero-order valence-corrected chi connectivity index (χ0v) is 9.62. The molecular formula is C10H19NO4. The van der Waals surface area contributed by atoms with Crippen molar-refractivity contribution in [3.05, 3.63) is 0 Å². The minimum Gasteiger partial charge on any atom is -0.469 e. The van der Waals surface area contributed by atoms with Crippen molar-refractivity contribution in [2.24, 2.45) is 0 Å². The number of hydrogen-bond acceptors (Lipinski definition) is 4. The minimum atomic E-state index is -0.306. The van der Waals surface area contributed by atoms with Gasteiger partial charge in [-0.15, -0.1) is 0 Å². The molecule has 15 heavy (non-hydrogen) atoms. The van der Waals surface area contributed by atoms with Crippen LogP contribution in [-0.4, -0.2) is 50.7 Å². The highest BCUT2D eigenvalue weighted by Gasteiger charge is 2.10. The Labute approximate surface area is 90.3 Å². The maximum Gasteiger partial charge on any atom is 0.307 e. The molecule has 0 heterocycles. The van der Waals surface area contributed by atoms with Crippen LogP contribution < -0.4 is 0 Å². The van der Waals surface area contributed by atoms with Gasteiger partial charge in [0.1, 0.15) is 0 Å².